The second kappa shape index (κ2) is 5.48. The molecular weight excluding hydrogens is 210 g/mol. The molecule has 1 aromatic carbocycles. The van der Waals surface area contributed by atoms with Crippen molar-refractivity contribution in [2.45, 2.75) is 45.9 Å². The summed E-state index contributed by atoms with van der Waals surface area (Å²) >= 11 is 0. The monoisotopic (exact) mass is 231 g/mol. The average Bonchev–Trinajstić information content (AvgIpc) is 3.08. The molecule has 1 fully saturated rings. The van der Waals surface area contributed by atoms with Gasteiger partial charge in [-0.15, -0.1) is 5.06 Å². The lowest BCUT2D eigenvalue weighted by molar-refractivity contribution is 0.155. The fraction of sp³-hybridized carbons (Fsp3) is 0.467. The number of rotatable bonds is 5. The van der Waals surface area contributed by atoms with Gasteiger partial charge in [-0.2, -0.15) is 0 Å². The molecule has 0 N–H and O–H groups in total. The maximum atomic E-state index is 5.62. The molecule has 1 saturated heterocycles. The normalized spacial score (nSPS) is 24.2. The quantitative estimate of drug-likeness (QED) is 0.561. The Morgan fingerprint density at radius 1 is 1.35 bits per heavy atom. The molecule has 1 unspecified atom stereocenters. The largest absolute Gasteiger partial charge is 0.275 e. The zero-order valence-electron chi connectivity index (χ0n) is 10.9. The zero-order valence-corrected chi connectivity index (χ0v) is 10.9. The minimum Gasteiger partial charge on any atom is -0.275 e. The molecule has 0 amide bonds. The van der Waals surface area contributed by atoms with E-state index in [1.165, 1.54) is 11.1 Å². The number of hydrogen-bond acceptors (Lipinski definition) is 2. The van der Waals surface area contributed by atoms with Crippen LogP contribution in [0.5, 0.6) is 0 Å². The average molecular weight is 231 g/mol. The van der Waals surface area contributed by atoms with Crippen molar-refractivity contribution in [2.75, 3.05) is 0 Å². The molecule has 0 aromatic heterocycles. The SMILES string of the molecule is CC(C)=CCC[C@H]1ON1[C@@H](C)c1ccccc1. The Balaban J connectivity index is 1.81. The number of nitrogens with zero attached hydrogens (tertiary/aromatic N) is 1. The minimum absolute atomic E-state index is 0.306. The lowest BCUT2D eigenvalue weighted by Gasteiger charge is -2.09. The maximum absolute atomic E-state index is 5.62. The second-order valence-electron chi connectivity index (χ2n) is 4.87. The van der Waals surface area contributed by atoms with Gasteiger partial charge < -0.3 is 0 Å². The molecule has 1 aliphatic rings. The van der Waals surface area contributed by atoms with Gasteiger partial charge >= 0.3 is 0 Å². The summed E-state index contributed by atoms with van der Waals surface area (Å²) in [4.78, 5) is 5.62. The van der Waals surface area contributed by atoms with Crippen molar-refractivity contribution in [3.05, 3.63) is 47.5 Å². The van der Waals surface area contributed by atoms with Crippen molar-refractivity contribution in [3.63, 3.8) is 0 Å². The van der Waals surface area contributed by atoms with Crippen molar-refractivity contribution in [1.82, 2.24) is 5.06 Å². The van der Waals surface area contributed by atoms with Gasteiger partial charge in [-0.25, -0.2) is 0 Å². The summed E-state index contributed by atoms with van der Waals surface area (Å²) in [5.74, 6) is 0. The van der Waals surface area contributed by atoms with Crippen LogP contribution in [-0.4, -0.2) is 11.3 Å². The molecule has 0 spiro atoms. The highest BCUT2D eigenvalue weighted by atomic mass is 16.8. The van der Waals surface area contributed by atoms with Gasteiger partial charge in [-0.3, -0.25) is 4.84 Å². The summed E-state index contributed by atoms with van der Waals surface area (Å²) in [6.07, 6.45) is 4.77. The summed E-state index contributed by atoms with van der Waals surface area (Å²) < 4.78 is 0. The predicted molar refractivity (Wildman–Crippen MR) is 70.2 cm³/mol. The summed E-state index contributed by atoms with van der Waals surface area (Å²) in [7, 11) is 0. The van der Waals surface area contributed by atoms with Crippen LogP contribution in [-0.2, 0) is 4.84 Å². The van der Waals surface area contributed by atoms with E-state index < -0.39 is 0 Å². The van der Waals surface area contributed by atoms with Crippen molar-refractivity contribution < 1.29 is 4.84 Å². The van der Waals surface area contributed by atoms with Gasteiger partial charge in [0.25, 0.3) is 0 Å². The molecule has 0 saturated carbocycles. The van der Waals surface area contributed by atoms with E-state index in [-0.39, 0.29) is 0 Å². The first-order valence-corrected chi connectivity index (χ1v) is 6.32. The highest BCUT2D eigenvalue weighted by Gasteiger charge is 2.39. The Kier molecular flexibility index (Phi) is 3.97. The fourth-order valence-corrected chi connectivity index (χ4v) is 2.03. The Bertz CT molecular complexity index is 381. The lowest BCUT2D eigenvalue weighted by Crippen LogP contribution is -2.08. The second-order valence-corrected chi connectivity index (χ2v) is 4.87. The van der Waals surface area contributed by atoms with E-state index in [4.69, 9.17) is 4.84 Å². The summed E-state index contributed by atoms with van der Waals surface area (Å²) in [5.41, 5.74) is 2.70. The molecule has 17 heavy (non-hydrogen) atoms. The Hall–Kier alpha value is -1.12. The van der Waals surface area contributed by atoms with Gasteiger partial charge in [0.05, 0.1) is 6.04 Å². The van der Waals surface area contributed by atoms with E-state index >= 15 is 0 Å². The maximum Gasteiger partial charge on any atom is 0.155 e. The molecule has 1 heterocycles. The van der Waals surface area contributed by atoms with E-state index in [0.717, 1.165) is 12.8 Å². The highest BCUT2D eigenvalue weighted by molar-refractivity contribution is 5.18. The van der Waals surface area contributed by atoms with Gasteiger partial charge in [0.2, 0.25) is 0 Å². The minimum atomic E-state index is 0.306. The number of hydroxylamine groups is 2. The van der Waals surface area contributed by atoms with Crippen molar-refractivity contribution in [3.8, 4) is 0 Å². The molecule has 0 bridgehead atoms. The predicted octanol–water partition coefficient (Wildman–Crippen LogP) is 4.07. The first-order chi connectivity index (χ1) is 8.18. The van der Waals surface area contributed by atoms with Crippen LogP contribution in [0.2, 0.25) is 0 Å². The van der Waals surface area contributed by atoms with Crippen molar-refractivity contribution in [1.29, 1.82) is 0 Å². The molecule has 0 radical (unpaired) electrons. The molecule has 3 atom stereocenters. The van der Waals surface area contributed by atoms with Crippen LogP contribution in [0.1, 0.15) is 45.2 Å². The van der Waals surface area contributed by atoms with E-state index in [1.54, 1.807) is 0 Å². The highest BCUT2D eigenvalue weighted by Crippen LogP contribution is 2.35. The van der Waals surface area contributed by atoms with Crippen LogP contribution in [0, 0.1) is 0 Å². The van der Waals surface area contributed by atoms with Gasteiger partial charge in [0, 0.05) is 0 Å². The van der Waals surface area contributed by atoms with Crippen molar-refractivity contribution in [2.24, 2.45) is 0 Å². The Labute approximate surface area is 104 Å². The van der Waals surface area contributed by atoms with Gasteiger partial charge in [0.1, 0.15) is 0 Å². The smallest absolute Gasteiger partial charge is 0.155 e. The Morgan fingerprint density at radius 3 is 2.71 bits per heavy atom. The van der Waals surface area contributed by atoms with Crippen LogP contribution in [0.4, 0.5) is 0 Å². The molecule has 0 aliphatic carbocycles. The van der Waals surface area contributed by atoms with Crippen molar-refractivity contribution >= 4 is 0 Å². The van der Waals surface area contributed by atoms with Gasteiger partial charge in [0.15, 0.2) is 6.23 Å². The fourth-order valence-electron chi connectivity index (χ4n) is 2.03. The standard InChI is InChI=1S/C15H21NO/c1-12(2)8-7-11-15-16(17-15)13(3)14-9-5-4-6-10-14/h4-6,8-10,13,15H,7,11H2,1-3H3/t13-,15+,16?/m0/s1. The topological polar surface area (TPSA) is 15.5 Å². The first-order valence-electron chi connectivity index (χ1n) is 6.32. The van der Waals surface area contributed by atoms with Crippen LogP contribution >= 0.6 is 0 Å². The Morgan fingerprint density at radius 2 is 2.06 bits per heavy atom. The van der Waals surface area contributed by atoms with Gasteiger partial charge in [-0.05, 0) is 39.2 Å². The van der Waals surface area contributed by atoms with Crippen LogP contribution in [0.25, 0.3) is 0 Å². The van der Waals surface area contributed by atoms with E-state index in [2.05, 4.69) is 56.2 Å². The zero-order chi connectivity index (χ0) is 12.3. The van der Waals surface area contributed by atoms with E-state index in [0.29, 0.717) is 12.3 Å². The molecular formula is C15H21NO. The lowest BCUT2D eigenvalue weighted by atomic mass is 10.1. The molecule has 2 heteroatoms. The van der Waals surface area contributed by atoms with Crippen LogP contribution in [0.3, 0.4) is 0 Å². The number of allylic oxidation sites excluding steroid dienone is 2. The van der Waals surface area contributed by atoms with Crippen LogP contribution in [0.15, 0.2) is 42.0 Å². The van der Waals surface area contributed by atoms with E-state index in [1.807, 2.05) is 6.07 Å². The molecule has 2 rings (SSSR count). The number of benzene rings is 1. The summed E-state index contributed by atoms with van der Waals surface area (Å²) in [6.45, 7) is 6.46. The van der Waals surface area contributed by atoms with Crippen LogP contribution < -0.4 is 0 Å². The summed E-state index contributed by atoms with van der Waals surface area (Å²) in [6, 6.07) is 10.9. The molecule has 1 aromatic rings. The third-order valence-corrected chi connectivity index (χ3v) is 3.11. The van der Waals surface area contributed by atoms with E-state index in [9.17, 15) is 0 Å². The third kappa shape index (κ3) is 3.42. The number of hydrogen-bond donors (Lipinski definition) is 0. The third-order valence-electron chi connectivity index (χ3n) is 3.11. The van der Waals surface area contributed by atoms with Gasteiger partial charge in [-0.1, -0.05) is 42.0 Å². The molecule has 1 aliphatic heterocycles. The molecule has 92 valence electrons. The molecule has 2 nitrogen and oxygen atoms in total. The summed E-state index contributed by atoms with van der Waals surface area (Å²) in [5, 5.41) is 2.09. The first kappa shape index (κ1) is 12.3.